The van der Waals surface area contributed by atoms with Gasteiger partial charge in [0.15, 0.2) is 0 Å². The van der Waals surface area contributed by atoms with Gasteiger partial charge in [0.2, 0.25) is 0 Å². The van der Waals surface area contributed by atoms with Crippen LogP contribution in [0.4, 0.5) is 10.6 Å². The molecule has 7 heteroatoms. The van der Waals surface area contributed by atoms with Crippen molar-refractivity contribution in [1.82, 2.24) is 9.88 Å². The Morgan fingerprint density at radius 3 is 2.74 bits per heavy atom. The van der Waals surface area contributed by atoms with Gasteiger partial charge in [-0.25, -0.2) is 9.78 Å². The van der Waals surface area contributed by atoms with Gasteiger partial charge in [0.1, 0.15) is 5.82 Å². The van der Waals surface area contributed by atoms with Crippen LogP contribution in [0.25, 0.3) is 0 Å². The van der Waals surface area contributed by atoms with Gasteiger partial charge in [-0.05, 0) is 24.5 Å². The molecule has 0 saturated carbocycles. The molecule has 1 aliphatic heterocycles. The average molecular weight is 286 g/mol. The molecule has 0 spiro atoms. The number of anilines is 1. The fourth-order valence-corrected chi connectivity index (χ4v) is 2.32. The summed E-state index contributed by atoms with van der Waals surface area (Å²) in [5.74, 6) is 0.577. The third-order valence-corrected chi connectivity index (χ3v) is 3.47. The SMILES string of the molecule is O=C(O)N1CCC(Nc2ncc(CO)cc2Cl)CC1. The average Bonchev–Trinajstić information content (AvgIpc) is 2.41. The van der Waals surface area contributed by atoms with Crippen LogP contribution in [0.15, 0.2) is 12.3 Å². The molecule has 0 atom stereocenters. The van der Waals surface area contributed by atoms with Crippen LogP contribution in [0, 0.1) is 0 Å². The molecule has 0 unspecified atom stereocenters. The molecule has 1 fully saturated rings. The zero-order valence-corrected chi connectivity index (χ0v) is 11.1. The number of hydrogen-bond acceptors (Lipinski definition) is 4. The number of nitrogens with zero attached hydrogens (tertiary/aromatic N) is 2. The third kappa shape index (κ3) is 3.48. The number of nitrogens with one attached hydrogen (secondary N) is 1. The van der Waals surface area contributed by atoms with E-state index < -0.39 is 6.09 Å². The zero-order valence-electron chi connectivity index (χ0n) is 10.3. The molecule has 2 heterocycles. The van der Waals surface area contributed by atoms with Gasteiger partial charge >= 0.3 is 6.09 Å². The molecule has 1 aromatic heterocycles. The van der Waals surface area contributed by atoms with Crippen molar-refractivity contribution in [3.05, 3.63) is 22.8 Å². The summed E-state index contributed by atoms with van der Waals surface area (Å²) in [6, 6.07) is 1.84. The first-order chi connectivity index (χ1) is 9.10. The summed E-state index contributed by atoms with van der Waals surface area (Å²) >= 11 is 6.07. The van der Waals surface area contributed by atoms with E-state index in [1.54, 1.807) is 12.3 Å². The van der Waals surface area contributed by atoms with E-state index >= 15 is 0 Å². The fraction of sp³-hybridized carbons (Fsp3) is 0.500. The quantitative estimate of drug-likeness (QED) is 0.788. The Bertz CT molecular complexity index is 462. The van der Waals surface area contributed by atoms with E-state index in [2.05, 4.69) is 10.3 Å². The lowest BCUT2D eigenvalue weighted by Gasteiger charge is -2.30. The number of aliphatic hydroxyl groups excluding tert-OH is 1. The van der Waals surface area contributed by atoms with E-state index in [1.165, 1.54) is 4.90 Å². The molecule has 1 aliphatic rings. The molecule has 0 aliphatic carbocycles. The van der Waals surface area contributed by atoms with Crippen molar-refractivity contribution >= 4 is 23.5 Å². The number of carboxylic acid groups (broad SMARTS) is 1. The Kier molecular flexibility index (Phi) is 4.44. The Labute approximate surface area is 116 Å². The van der Waals surface area contributed by atoms with Crippen LogP contribution in [0.3, 0.4) is 0 Å². The van der Waals surface area contributed by atoms with Crippen LogP contribution < -0.4 is 5.32 Å². The normalized spacial score (nSPS) is 16.4. The van der Waals surface area contributed by atoms with Crippen molar-refractivity contribution < 1.29 is 15.0 Å². The number of piperidine rings is 1. The summed E-state index contributed by atoms with van der Waals surface area (Å²) in [7, 11) is 0. The summed E-state index contributed by atoms with van der Waals surface area (Å²) in [6.07, 6.45) is 2.15. The topological polar surface area (TPSA) is 85.7 Å². The first-order valence-corrected chi connectivity index (χ1v) is 6.47. The minimum atomic E-state index is -0.873. The first kappa shape index (κ1) is 13.9. The minimum Gasteiger partial charge on any atom is -0.465 e. The molecule has 6 nitrogen and oxygen atoms in total. The summed E-state index contributed by atoms with van der Waals surface area (Å²) in [4.78, 5) is 16.4. The van der Waals surface area contributed by atoms with Crippen LogP contribution in [-0.4, -0.2) is 45.3 Å². The number of halogens is 1. The molecule has 104 valence electrons. The molecule has 0 aromatic carbocycles. The Hall–Kier alpha value is -1.53. The zero-order chi connectivity index (χ0) is 13.8. The highest BCUT2D eigenvalue weighted by Crippen LogP contribution is 2.23. The molecule has 1 saturated heterocycles. The maximum atomic E-state index is 10.8. The first-order valence-electron chi connectivity index (χ1n) is 6.10. The van der Waals surface area contributed by atoms with Crippen LogP contribution in [0.2, 0.25) is 5.02 Å². The number of carbonyl (C=O) groups is 1. The highest BCUT2D eigenvalue weighted by atomic mass is 35.5. The Morgan fingerprint density at radius 1 is 1.53 bits per heavy atom. The van der Waals surface area contributed by atoms with Gasteiger partial charge in [-0.3, -0.25) is 0 Å². The maximum absolute atomic E-state index is 10.8. The predicted octanol–water partition coefficient (Wildman–Crippen LogP) is 1.78. The summed E-state index contributed by atoms with van der Waals surface area (Å²) in [5.41, 5.74) is 0.663. The lowest BCUT2D eigenvalue weighted by molar-refractivity contribution is 0.134. The lowest BCUT2D eigenvalue weighted by atomic mass is 10.1. The fourth-order valence-electron chi connectivity index (χ4n) is 2.08. The van der Waals surface area contributed by atoms with E-state index in [0.717, 1.165) is 12.8 Å². The number of hydrogen-bond donors (Lipinski definition) is 3. The van der Waals surface area contributed by atoms with Crippen molar-refractivity contribution in [2.75, 3.05) is 18.4 Å². The minimum absolute atomic E-state index is 0.0933. The van der Waals surface area contributed by atoms with Crippen molar-refractivity contribution in [2.45, 2.75) is 25.5 Å². The molecule has 19 heavy (non-hydrogen) atoms. The van der Waals surface area contributed by atoms with Gasteiger partial charge in [-0.15, -0.1) is 0 Å². The Morgan fingerprint density at radius 2 is 2.21 bits per heavy atom. The van der Waals surface area contributed by atoms with Crippen LogP contribution in [-0.2, 0) is 6.61 Å². The van der Waals surface area contributed by atoms with Crippen molar-refractivity contribution in [3.8, 4) is 0 Å². The smallest absolute Gasteiger partial charge is 0.407 e. The van der Waals surface area contributed by atoms with Gasteiger partial charge in [-0.2, -0.15) is 0 Å². The summed E-state index contributed by atoms with van der Waals surface area (Å²) in [5, 5.41) is 21.5. The molecule has 2 rings (SSSR count). The van der Waals surface area contributed by atoms with Gasteiger partial charge in [-0.1, -0.05) is 11.6 Å². The molecule has 0 bridgehead atoms. The molecular formula is C12H16ClN3O3. The van der Waals surface area contributed by atoms with E-state index in [1.807, 2.05) is 0 Å². The van der Waals surface area contributed by atoms with Gasteiger partial charge in [0, 0.05) is 25.3 Å². The molecule has 3 N–H and O–H groups in total. The van der Waals surface area contributed by atoms with E-state index in [9.17, 15) is 4.79 Å². The summed E-state index contributed by atoms with van der Waals surface area (Å²) < 4.78 is 0. The number of likely N-dealkylation sites (tertiary alicyclic amines) is 1. The molecule has 1 amide bonds. The number of aromatic nitrogens is 1. The molecule has 1 aromatic rings. The highest BCUT2D eigenvalue weighted by Gasteiger charge is 2.22. The second-order valence-corrected chi connectivity index (χ2v) is 4.93. The Balaban J connectivity index is 1.94. The monoisotopic (exact) mass is 285 g/mol. The second-order valence-electron chi connectivity index (χ2n) is 4.52. The van der Waals surface area contributed by atoms with Crippen LogP contribution >= 0.6 is 11.6 Å². The van der Waals surface area contributed by atoms with E-state index in [4.69, 9.17) is 21.8 Å². The maximum Gasteiger partial charge on any atom is 0.407 e. The number of pyridine rings is 1. The standard InChI is InChI=1S/C12H16ClN3O3/c13-10-5-8(7-17)6-14-11(10)15-9-1-3-16(4-2-9)12(18)19/h5-6,9,17H,1-4,7H2,(H,14,15)(H,18,19). The highest BCUT2D eigenvalue weighted by molar-refractivity contribution is 6.32. The number of rotatable bonds is 3. The number of aliphatic hydroxyl groups is 1. The summed E-state index contributed by atoms with van der Waals surface area (Å²) in [6.45, 7) is 0.933. The lowest BCUT2D eigenvalue weighted by Crippen LogP contribution is -2.41. The number of amides is 1. The molecule has 0 radical (unpaired) electrons. The van der Waals surface area contributed by atoms with E-state index in [0.29, 0.717) is 29.5 Å². The van der Waals surface area contributed by atoms with Crippen molar-refractivity contribution in [2.24, 2.45) is 0 Å². The van der Waals surface area contributed by atoms with Crippen molar-refractivity contribution in [3.63, 3.8) is 0 Å². The molecular weight excluding hydrogens is 270 g/mol. The van der Waals surface area contributed by atoms with Gasteiger partial charge in [0.05, 0.1) is 11.6 Å². The van der Waals surface area contributed by atoms with Crippen LogP contribution in [0.1, 0.15) is 18.4 Å². The largest absolute Gasteiger partial charge is 0.465 e. The second kappa shape index (κ2) is 6.08. The van der Waals surface area contributed by atoms with E-state index in [-0.39, 0.29) is 12.6 Å². The van der Waals surface area contributed by atoms with Gasteiger partial charge in [0.25, 0.3) is 0 Å². The predicted molar refractivity (Wildman–Crippen MR) is 71.4 cm³/mol. The van der Waals surface area contributed by atoms with Crippen LogP contribution in [0.5, 0.6) is 0 Å². The van der Waals surface area contributed by atoms with Gasteiger partial charge < -0.3 is 20.4 Å². The third-order valence-electron chi connectivity index (χ3n) is 3.19. The van der Waals surface area contributed by atoms with Crippen molar-refractivity contribution in [1.29, 1.82) is 0 Å².